The summed E-state index contributed by atoms with van der Waals surface area (Å²) >= 11 is 0. The van der Waals surface area contributed by atoms with Crippen LogP contribution in [-0.2, 0) is 4.79 Å². The van der Waals surface area contributed by atoms with Gasteiger partial charge in [-0.1, -0.05) is 25.7 Å². The molecule has 2 aliphatic rings. The number of carbonyl (C=O) groups excluding carboxylic acids is 1. The molecule has 2 aromatic heterocycles. The van der Waals surface area contributed by atoms with Gasteiger partial charge in [0.1, 0.15) is 5.82 Å². The maximum Gasteiger partial charge on any atom is 0.250 e. The molecule has 5 rings (SSSR count). The van der Waals surface area contributed by atoms with Gasteiger partial charge in [-0.15, -0.1) is 0 Å². The number of rotatable bonds is 5. The lowest BCUT2D eigenvalue weighted by Gasteiger charge is -2.33. The maximum atomic E-state index is 13.5. The normalized spacial score (nSPS) is 19.7. The lowest BCUT2D eigenvalue weighted by molar-refractivity contribution is -0.133. The minimum absolute atomic E-state index is 0.150. The lowest BCUT2D eigenvalue weighted by atomic mass is 9.92. The van der Waals surface area contributed by atoms with E-state index < -0.39 is 0 Å². The highest BCUT2D eigenvalue weighted by Gasteiger charge is 2.30. The fourth-order valence-corrected chi connectivity index (χ4v) is 5.40. The van der Waals surface area contributed by atoms with Crippen molar-refractivity contribution in [2.45, 2.75) is 63.7 Å². The summed E-state index contributed by atoms with van der Waals surface area (Å²) in [5, 5.41) is 4.80. The molecule has 178 valence electrons. The van der Waals surface area contributed by atoms with Crippen molar-refractivity contribution in [1.82, 2.24) is 24.6 Å². The molecule has 3 aromatic rings. The predicted octanol–water partition coefficient (Wildman–Crippen LogP) is 5.53. The number of likely N-dealkylation sites (tertiary alicyclic amines) is 1. The number of amides is 1. The highest BCUT2D eigenvalue weighted by Crippen LogP contribution is 2.33. The lowest BCUT2D eigenvalue weighted by Crippen LogP contribution is -2.40. The van der Waals surface area contributed by atoms with E-state index in [1.165, 1.54) is 50.7 Å². The van der Waals surface area contributed by atoms with Gasteiger partial charge in [-0.25, -0.2) is 19.0 Å². The summed E-state index contributed by atoms with van der Waals surface area (Å²) in [7, 11) is 0. The van der Waals surface area contributed by atoms with E-state index in [1.807, 2.05) is 6.07 Å². The largest absolute Gasteiger partial charge is 0.342 e. The van der Waals surface area contributed by atoms with E-state index >= 15 is 0 Å². The predicted molar refractivity (Wildman–Crippen MR) is 129 cm³/mol. The fourth-order valence-electron chi connectivity index (χ4n) is 5.40. The quantitative estimate of drug-likeness (QED) is 0.468. The van der Waals surface area contributed by atoms with Crippen LogP contribution in [0.4, 0.5) is 4.39 Å². The van der Waals surface area contributed by atoms with Crippen LogP contribution < -0.4 is 0 Å². The van der Waals surface area contributed by atoms with E-state index in [1.54, 1.807) is 35.3 Å². The van der Waals surface area contributed by atoms with Crippen LogP contribution in [0, 0.1) is 11.7 Å². The van der Waals surface area contributed by atoms with Crippen LogP contribution in [0.25, 0.3) is 17.2 Å². The summed E-state index contributed by atoms with van der Waals surface area (Å²) in [6.07, 6.45) is 13.5. The Morgan fingerprint density at radius 1 is 0.971 bits per heavy atom. The Labute approximate surface area is 200 Å². The molecule has 1 aromatic carbocycles. The van der Waals surface area contributed by atoms with Gasteiger partial charge in [0.15, 0.2) is 0 Å². The average Bonchev–Trinajstić information content (AvgIpc) is 3.16. The average molecular weight is 462 g/mol. The zero-order chi connectivity index (χ0) is 23.3. The van der Waals surface area contributed by atoms with Crippen LogP contribution in [0.5, 0.6) is 0 Å². The molecule has 1 unspecified atom stereocenters. The SMILES string of the molecule is O=C(CC1CCCCCC1)N1CCCC(c2cc(-c3ccc(F)cc3)nn2-c2ncccn2)C1. The fraction of sp³-hybridized carbons (Fsp3) is 0.481. The minimum atomic E-state index is -0.273. The van der Waals surface area contributed by atoms with Gasteiger partial charge < -0.3 is 4.90 Å². The van der Waals surface area contributed by atoms with Gasteiger partial charge in [-0.3, -0.25) is 4.79 Å². The zero-order valence-corrected chi connectivity index (χ0v) is 19.6. The molecule has 1 saturated heterocycles. The molecule has 0 N–H and O–H groups in total. The van der Waals surface area contributed by atoms with E-state index in [4.69, 9.17) is 5.10 Å². The van der Waals surface area contributed by atoms with Gasteiger partial charge in [0.05, 0.1) is 11.4 Å². The van der Waals surface area contributed by atoms with E-state index in [2.05, 4.69) is 14.9 Å². The van der Waals surface area contributed by atoms with Gasteiger partial charge in [-0.05, 0) is 68.0 Å². The number of nitrogens with zero attached hydrogens (tertiary/aromatic N) is 5. The number of benzene rings is 1. The second kappa shape index (κ2) is 10.5. The molecule has 6 nitrogen and oxygen atoms in total. The summed E-state index contributed by atoms with van der Waals surface area (Å²) in [4.78, 5) is 24.1. The Balaban J connectivity index is 1.39. The summed E-state index contributed by atoms with van der Waals surface area (Å²) in [6.45, 7) is 1.51. The Morgan fingerprint density at radius 3 is 2.44 bits per heavy atom. The first kappa shape index (κ1) is 22.7. The van der Waals surface area contributed by atoms with Crippen molar-refractivity contribution in [1.29, 1.82) is 0 Å². The molecule has 0 bridgehead atoms. The van der Waals surface area contributed by atoms with Crippen LogP contribution >= 0.6 is 0 Å². The van der Waals surface area contributed by atoms with Crippen LogP contribution in [-0.4, -0.2) is 43.6 Å². The molecule has 0 spiro atoms. The maximum absolute atomic E-state index is 13.5. The zero-order valence-electron chi connectivity index (χ0n) is 19.6. The monoisotopic (exact) mass is 461 g/mol. The van der Waals surface area contributed by atoms with Crippen molar-refractivity contribution < 1.29 is 9.18 Å². The number of carbonyl (C=O) groups is 1. The Morgan fingerprint density at radius 2 is 1.71 bits per heavy atom. The van der Waals surface area contributed by atoms with E-state index in [9.17, 15) is 9.18 Å². The topological polar surface area (TPSA) is 63.9 Å². The molecule has 0 radical (unpaired) electrons. The molecular formula is C27H32FN5O. The van der Waals surface area contributed by atoms with Crippen molar-refractivity contribution in [3.05, 3.63) is 60.3 Å². The third-order valence-corrected chi connectivity index (χ3v) is 7.25. The Bertz CT molecular complexity index is 1090. The standard InChI is InChI=1S/C27H32FN5O/c28-23-12-10-21(11-13-23)24-18-25(33(31-24)27-29-14-6-15-30-27)22-9-5-16-32(19-22)26(34)17-20-7-3-1-2-4-8-20/h6,10-15,18,20,22H,1-5,7-9,16-17,19H2. The van der Waals surface area contributed by atoms with E-state index in [-0.39, 0.29) is 17.6 Å². The number of hydrogen-bond acceptors (Lipinski definition) is 4. The number of aromatic nitrogens is 4. The van der Waals surface area contributed by atoms with Gasteiger partial charge in [0.25, 0.3) is 5.95 Å². The number of halogens is 1. The molecule has 2 fully saturated rings. The van der Waals surface area contributed by atoms with Crippen molar-refractivity contribution in [2.24, 2.45) is 5.92 Å². The first-order chi connectivity index (χ1) is 16.7. The molecule has 3 heterocycles. The highest BCUT2D eigenvalue weighted by atomic mass is 19.1. The number of hydrogen-bond donors (Lipinski definition) is 0. The van der Waals surface area contributed by atoms with E-state index in [0.717, 1.165) is 36.3 Å². The molecule has 1 aliphatic heterocycles. The molecule has 34 heavy (non-hydrogen) atoms. The molecular weight excluding hydrogens is 429 g/mol. The second-order valence-corrected chi connectivity index (χ2v) is 9.66. The first-order valence-electron chi connectivity index (χ1n) is 12.6. The van der Waals surface area contributed by atoms with Crippen molar-refractivity contribution in [3.8, 4) is 17.2 Å². The van der Waals surface area contributed by atoms with Crippen molar-refractivity contribution >= 4 is 5.91 Å². The summed E-state index contributed by atoms with van der Waals surface area (Å²) < 4.78 is 15.3. The van der Waals surface area contributed by atoms with Gasteiger partial charge in [0, 0.05) is 43.4 Å². The van der Waals surface area contributed by atoms with Gasteiger partial charge in [0.2, 0.25) is 5.91 Å². The Kier molecular flexibility index (Phi) is 6.97. The van der Waals surface area contributed by atoms with Crippen LogP contribution in [0.2, 0.25) is 0 Å². The first-order valence-corrected chi connectivity index (χ1v) is 12.6. The molecule has 1 saturated carbocycles. The third-order valence-electron chi connectivity index (χ3n) is 7.25. The molecule has 1 amide bonds. The molecule has 1 atom stereocenters. The Hall–Kier alpha value is -3.09. The summed E-state index contributed by atoms with van der Waals surface area (Å²) in [5.41, 5.74) is 2.59. The second-order valence-electron chi connectivity index (χ2n) is 9.66. The van der Waals surface area contributed by atoms with Gasteiger partial charge in [-0.2, -0.15) is 5.10 Å². The summed E-state index contributed by atoms with van der Waals surface area (Å²) in [6, 6.07) is 10.2. The van der Waals surface area contributed by atoms with Gasteiger partial charge >= 0.3 is 0 Å². The minimum Gasteiger partial charge on any atom is -0.342 e. The third kappa shape index (κ3) is 5.18. The molecule has 7 heteroatoms. The van der Waals surface area contributed by atoms with Crippen LogP contribution in [0.1, 0.15) is 69.4 Å². The van der Waals surface area contributed by atoms with Crippen molar-refractivity contribution in [3.63, 3.8) is 0 Å². The van der Waals surface area contributed by atoms with Crippen LogP contribution in [0.15, 0.2) is 48.8 Å². The summed E-state index contributed by atoms with van der Waals surface area (Å²) in [5.74, 6) is 1.20. The molecule has 1 aliphatic carbocycles. The van der Waals surface area contributed by atoms with Crippen molar-refractivity contribution in [2.75, 3.05) is 13.1 Å². The number of piperidine rings is 1. The van der Waals surface area contributed by atoms with E-state index in [0.29, 0.717) is 24.8 Å². The highest BCUT2D eigenvalue weighted by molar-refractivity contribution is 5.76. The smallest absolute Gasteiger partial charge is 0.250 e. The van der Waals surface area contributed by atoms with Crippen LogP contribution in [0.3, 0.4) is 0 Å².